The molecule has 0 unspecified atom stereocenters. The number of hydrogen-bond donors (Lipinski definition) is 1. The smallest absolute Gasteiger partial charge is 0.356 e. The minimum atomic E-state index is -1.04. The van der Waals surface area contributed by atoms with Crippen LogP contribution < -0.4 is 4.90 Å². The van der Waals surface area contributed by atoms with Gasteiger partial charge in [0.2, 0.25) is 0 Å². The summed E-state index contributed by atoms with van der Waals surface area (Å²) in [7, 11) is 0. The fourth-order valence-corrected chi connectivity index (χ4v) is 1.78. The Hall–Kier alpha value is -1.65. The first-order valence-electron chi connectivity index (χ1n) is 7.22. The van der Waals surface area contributed by atoms with Gasteiger partial charge in [0.1, 0.15) is 0 Å². The lowest BCUT2D eigenvalue weighted by Crippen LogP contribution is -2.28. The Morgan fingerprint density at radius 1 is 1.10 bits per heavy atom. The van der Waals surface area contributed by atoms with E-state index in [0.717, 1.165) is 31.7 Å². The lowest BCUT2D eigenvalue weighted by molar-refractivity contribution is 0.0689. The van der Waals surface area contributed by atoms with Gasteiger partial charge in [0.05, 0.1) is 0 Å². The second-order valence-corrected chi connectivity index (χ2v) is 5.93. The largest absolute Gasteiger partial charge is 0.476 e. The molecule has 0 aliphatic heterocycles. The molecule has 0 radical (unpaired) electrons. The quantitative estimate of drug-likeness (QED) is 0.792. The molecule has 5 nitrogen and oxygen atoms in total. The number of carboxylic acids is 1. The van der Waals surface area contributed by atoms with Gasteiger partial charge < -0.3 is 10.0 Å². The van der Waals surface area contributed by atoms with Gasteiger partial charge in [-0.25, -0.2) is 4.79 Å². The van der Waals surface area contributed by atoms with Crippen molar-refractivity contribution in [3.05, 3.63) is 17.8 Å². The summed E-state index contributed by atoms with van der Waals surface area (Å²) in [6, 6.07) is 3.26. The molecule has 0 aromatic carbocycles. The molecule has 0 saturated heterocycles. The molecule has 0 fully saturated rings. The fraction of sp³-hybridized carbons (Fsp3) is 0.667. The summed E-state index contributed by atoms with van der Waals surface area (Å²) in [6.07, 6.45) is 2.17. The summed E-state index contributed by atoms with van der Waals surface area (Å²) >= 11 is 0. The summed E-state index contributed by atoms with van der Waals surface area (Å²) in [5, 5.41) is 16.7. The summed E-state index contributed by atoms with van der Waals surface area (Å²) in [5.41, 5.74) is -0.0126. The lowest BCUT2D eigenvalue weighted by atomic mass is 10.1. The monoisotopic (exact) mass is 279 g/mol. The third-order valence-electron chi connectivity index (χ3n) is 3.15. The highest BCUT2D eigenvalue weighted by Crippen LogP contribution is 2.14. The maximum absolute atomic E-state index is 10.8. The van der Waals surface area contributed by atoms with E-state index < -0.39 is 5.97 Å². The van der Waals surface area contributed by atoms with Crippen molar-refractivity contribution < 1.29 is 9.90 Å². The first-order valence-corrected chi connectivity index (χ1v) is 7.22. The van der Waals surface area contributed by atoms with Crippen molar-refractivity contribution in [3.8, 4) is 0 Å². The van der Waals surface area contributed by atoms with Gasteiger partial charge in [0.15, 0.2) is 11.5 Å². The molecule has 1 heterocycles. The number of rotatable bonds is 8. The van der Waals surface area contributed by atoms with E-state index in [1.54, 1.807) is 6.07 Å². The molecule has 5 heteroatoms. The molecule has 0 amide bonds. The van der Waals surface area contributed by atoms with Crippen LogP contribution in [0.25, 0.3) is 0 Å². The number of anilines is 1. The van der Waals surface area contributed by atoms with E-state index in [4.69, 9.17) is 5.11 Å². The molecule has 1 aromatic heterocycles. The topological polar surface area (TPSA) is 66.3 Å². The second kappa shape index (κ2) is 7.82. The lowest BCUT2D eigenvalue weighted by Gasteiger charge is -2.25. The Balaban J connectivity index is 2.76. The van der Waals surface area contributed by atoms with E-state index in [1.165, 1.54) is 6.07 Å². The van der Waals surface area contributed by atoms with Gasteiger partial charge in [-0.2, -0.15) is 0 Å². The predicted octanol–water partition coefficient (Wildman–Crippen LogP) is 3.07. The van der Waals surface area contributed by atoms with Crippen LogP contribution in [0.5, 0.6) is 0 Å². The molecular weight excluding hydrogens is 254 g/mol. The summed E-state index contributed by atoms with van der Waals surface area (Å²) in [6.45, 7) is 10.6. The van der Waals surface area contributed by atoms with Gasteiger partial charge in [0, 0.05) is 13.1 Å². The van der Waals surface area contributed by atoms with Crippen LogP contribution in [0.15, 0.2) is 12.1 Å². The molecule has 112 valence electrons. The van der Waals surface area contributed by atoms with Crippen LogP contribution in [-0.4, -0.2) is 34.4 Å². The van der Waals surface area contributed by atoms with Crippen molar-refractivity contribution in [2.24, 2.45) is 11.8 Å². The molecule has 0 bridgehead atoms. The van der Waals surface area contributed by atoms with Crippen LogP contribution in [0.4, 0.5) is 5.82 Å². The van der Waals surface area contributed by atoms with Crippen LogP contribution >= 0.6 is 0 Å². The van der Waals surface area contributed by atoms with E-state index in [9.17, 15) is 4.79 Å². The molecule has 1 N–H and O–H groups in total. The van der Waals surface area contributed by atoms with Gasteiger partial charge in [0.25, 0.3) is 0 Å². The first kappa shape index (κ1) is 16.4. The number of nitrogens with zero attached hydrogens (tertiary/aromatic N) is 3. The highest BCUT2D eigenvalue weighted by Gasteiger charge is 2.12. The molecule has 1 aromatic rings. The van der Waals surface area contributed by atoms with E-state index in [2.05, 4.69) is 42.8 Å². The Morgan fingerprint density at radius 3 is 2.00 bits per heavy atom. The number of aromatic carboxylic acids is 1. The summed E-state index contributed by atoms with van der Waals surface area (Å²) < 4.78 is 0. The first-order chi connectivity index (χ1) is 9.40. The van der Waals surface area contributed by atoms with Gasteiger partial charge in [-0.1, -0.05) is 27.7 Å². The van der Waals surface area contributed by atoms with Gasteiger partial charge in [-0.15, -0.1) is 10.2 Å². The number of aromatic nitrogens is 2. The molecule has 0 atom stereocenters. The molecule has 0 aliphatic rings. The van der Waals surface area contributed by atoms with Gasteiger partial charge in [-0.3, -0.25) is 0 Å². The third-order valence-corrected chi connectivity index (χ3v) is 3.15. The van der Waals surface area contributed by atoms with Gasteiger partial charge in [-0.05, 0) is 36.8 Å². The molecule has 0 spiro atoms. The number of carbonyl (C=O) groups is 1. The molecular formula is C15H25N3O2. The minimum Gasteiger partial charge on any atom is -0.476 e. The SMILES string of the molecule is CC(C)CCN(CCC(C)C)c1ccc(C(=O)O)nn1. The Labute approximate surface area is 121 Å². The molecule has 0 saturated carbocycles. The normalized spacial score (nSPS) is 11.1. The second-order valence-electron chi connectivity index (χ2n) is 5.93. The minimum absolute atomic E-state index is 0.0126. The average molecular weight is 279 g/mol. The predicted molar refractivity (Wildman–Crippen MR) is 80.1 cm³/mol. The molecule has 1 rings (SSSR count). The summed E-state index contributed by atoms with van der Waals surface area (Å²) in [5.74, 6) is 0.974. The standard InChI is InChI=1S/C15H25N3O2/c1-11(2)7-9-18(10-8-12(3)4)14-6-5-13(15(19)20)16-17-14/h5-6,11-12H,7-10H2,1-4H3,(H,19,20). The molecule has 20 heavy (non-hydrogen) atoms. The van der Waals surface area contributed by atoms with Crippen LogP contribution in [-0.2, 0) is 0 Å². The van der Waals surface area contributed by atoms with E-state index in [1.807, 2.05) is 0 Å². The number of carboxylic acid groups (broad SMARTS) is 1. The number of hydrogen-bond acceptors (Lipinski definition) is 4. The van der Waals surface area contributed by atoms with Crippen LogP contribution in [0.1, 0.15) is 51.0 Å². The van der Waals surface area contributed by atoms with Crippen molar-refractivity contribution in [3.63, 3.8) is 0 Å². The fourth-order valence-electron chi connectivity index (χ4n) is 1.78. The summed E-state index contributed by atoms with van der Waals surface area (Å²) in [4.78, 5) is 13.0. The third kappa shape index (κ3) is 5.55. The van der Waals surface area contributed by atoms with Gasteiger partial charge >= 0.3 is 5.97 Å². The highest BCUT2D eigenvalue weighted by molar-refractivity contribution is 5.85. The van der Waals surface area contributed by atoms with Crippen molar-refractivity contribution in [2.75, 3.05) is 18.0 Å². The highest BCUT2D eigenvalue weighted by atomic mass is 16.4. The van der Waals surface area contributed by atoms with Crippen LogP contribution in [0, 0.1) is 11.8 Å². The van der Waals surface area contributed by atoms with Crippen molar-refractivity contribution in [2.45, 2.75) is 40.5 Å². The van der Waals surface area contributed by atoms with Crippen molar-refractivity contribution in [1.29, 1.82) is 0 Å². The maximum Gasteiger partial charge on any atom is 0.356 e. The zero-order chi connectivity index (χ0) is 15.1. The van der Waals surface area contributed by atoms with Crippen LogP contribution in [0.2, 0.25) is 0 Å². The van der Waals surface area contributed by atoms with Crippen LogP contribution in [0.3, 0.4) is 0 Å². The zero-order valence-corrected chi connectivity index (χ0v) is 12.8. The average Bonchev–Trinajstić information content (AvgIpc) is 2.38. The van der Waals surface area contributed by atoms with E-state index in [-0.39, 0.29) is 5.69 Å². The Morgan fingerprint density at radius 2 is 1.65 bits per heavy atom. The van der Waals surface area contributed by atoms with Crippen molar-refractivity contribution in [1.82, 2.24) is 10.2 Å². The van der Waals surface area contributed by atoms with Crippen molar-refractivity contribution >= 4 is 11.8 Å². The van der Waals surface area contributed by atoms with E-state index >= 15 is 0 Å². The molecule has 0 aliphatic carbocycles. The van der Waals surface area contributed by atoms with E-state index in [0.29, 0.717) is 11.8 Å². The zero-order valence-electron chi connectivity index (χ0n) is 12.8. The maximum atomic E-state index is 10.8. The Bertz CT molecular complexity index is 404. The Kier molecular flexibility index (Phi) is 6.42.